The molecule has 1 heterocycles. The molecule has 2 aromatic rings. The van der Waals surface area contributed by atoms with Gasteiger partial charge in [0.2, 0.25) is 0 Å². The van der Waals surface area contributed by atoms with E-state index in [9.17, 15) is 9.59 Å². The smallest absolute Gasteiger partial charge is 0.362 e. The van der Waals surface area contributed by atoms with Gasteiger partial charge < -0.3 is 15.1 Å². The molecular weight excluding hydrogens is 318 g/mol. The molecule has 1 saturated carbocycles. The zero-order chi connectivity index (χ0) is 17.8. The van der Waals surface area contributed by atoms with Crippen molar-refractivity contribution in [3.05, 3.63) is 34.7 Å². The Morgan fingerprint density at radius 2 is 1.92 bits per heavy atom. The van der Waals surface area contributed by atoms with Crippen LogP contribution in [0.15, 0.2) is 33.5 Å². The molecule has 1 aromatic heterocycles. The van der Waals surface area contributed by atoms with Gasteiger partial charge in [0.1, 0.15) is 5.58 Å². The molecule has 3 N–H and O–H groups in total. The Kier molecular flexibility index (Phi) is 5.26. The molecule has 0 aliphatic heterocycles. The Morgan fingerprint density at radius 3 is 2.64 bits per heavy atom. The van der Waals surface area contributed by atoms with Crippen LogP contribution in [0.3, 0.4) is 0 Å². The number of para-hydroxylation sites is 1. The number of urea groups is 1. The number of fused-ring (bicyclic) bond motifs is 1. The minimum atomic E-state index is -0.543. The van der Waals surface area contributed by atoms with E-state index in [1.165, 1.54) is 12.8 Å². The summed E-state index contributed by atoms with van der Waals surface area (Å²) in [5.41, 5.74) is 0.797. The lowest BCUT2D eigenvalue weighted by Crippen LogP contribution is -2.33. The van der Waals surface area contributed by atoms with E-state index < -0.39 is 11.7 Å². The van der Waals surface area contributed by atoms with Crippen molar-refractivity contribution >= 4 is 28.4 Å². The summed E-state index contributed by atoms with van der Waals surface area (Å²) in [4.78, 5) is 24.6. The van der Waals surface area contributed by atoms with E-state index >= 15 is 0 Å². The lowest BCUT2D eigenvalue weighted by molar-refractivity contribution is 0.251. The number of carbonyl (C=O) groups is 1. The molecule has 0 unspecified atom stereocenters. The third-order valence-corrected chi connectivity index (χ3v) is 4.43. The van der Waals surface area contributed by atoms with Gasteiger partial charge in [-0.05, 0) is 30.9 Å². The number of amides is 2. The van der Waals surface area contributed by atoms with Crippen molar-refractivity contribution in [2.45, 2.75) is 45.6 Å². The second-order valence-corrected chi connectivity index (χ2v) is 6.99. The van der Waals surface area contributed by atoms with E-state index in [2.05, 4.69) is 16.0 Å². The number of rotatable bonds is 5. The monoisotopic (exact) mass is 343 g/mol. The maximum Gasteiger partial charge on any atom is 0.362 e. The van der Waals surface area contributed by atoms with Crippen LogP contribution in [0, 0.1) is 5.92 Å². The van der Waals surface area contributed by atoms with Gasteiger partial charge in [-0.15, -0.1) is 0 Å². The zero-order valence-electron chi connectivity index (χ0n) is 14.7. The average Bonchev–Trinajstić information content (AvgIpc) is 3.09. The van der Waals surface area contributed by atoms with Gasteiger partial charge in [-0.1, -0.05) is 38.8 Å². The number of hydrogen-bond acceptors (Lipinski definition) is 4. The fourth-order valence-corrected chi connectivity index (χ4v) is 3.14. The summed E-state index contributed by atoms with van der Waals surface area (Å²) in [6.45, 7) is 4.56. The first-order valence-corrected chi connectivity index (χ1v) is 8.92. The maximum absolute atomic E-state index is 12.5. The normalized spacial score (nSPS) is 14.8. The summed E-state index contributed by atoms with van der Waals surface area (Å²) in [6.07, 6.45) is 4.48. The lowest BCUT2D eigenvalue weighted by atomic mass is 10.1. The number of carbonyl (C=O) groups excluding carboxylic acids is 1. The van der Waals surface area contributed by atoms with Crippen molar-refractivity contribution in [1.82, 2.24) is 5.32 Å². The second-order valence-electron chi connectivity index (χ2n) is 6.99. The summed E-state index contributed by atoms with van der Waals surface area (Å²) in [7, 11) is 0. The molecule has 0 atom stereocenters. The molecule has 0 saturated heterocycles. The Hall–Kier alpha value is -2.50. The van der Waals surface area contributed by atoms with Crippen molar-refractivity contribution in [3.63, 3.8) is 0 Å². The van der Waals surface area contributed by atoms with Gasteiger partial charge in [-0.2, -0.15) is 0 Å². The second kappa shape index (κ2) is 7.59. The highest BCUT2D eigenvalue weighted by Gasteiger charge is 2.21. The Balaban J connectivity index is 1.95. The minimum Gasteiger partial charge on any atom is -0.421 e. The van der Waals surface area contributed by atoms with E-state index in [1.54, 1.807) is 6.07 Å². The lowest BCUT2D eigenvalue weighted by Gasteiger charge is -2.19. The van der Waals surface area contributed by atoms with E-state index in [4.69, 9.17) is 4.42 Å². The highest BCUT2D eigenvalue weighted by atomic mass is 16.4. The van der Waals surface area contributed by atoms with Gasteiger partial charge >= 0.3 is 11.7 Å². The van der Waals surface area contributed by atoms with Crippen molar-refractivity contribution in [2.75, 3.05) is 17.2 Å². The molecule has 6 heteroatoms. The molecule has 0 spiro atoms. The summed E-state index contributed by atoms with van der Waals surface area (Å²) in [5.74, 6) is 0.329. The van der Waals surface area contributed by atoms with Crippen LogP contribution in [-0.2, 0) is 0 Å². The van der Waals surface area contributed by atoms with Gasteiger partial charge in [0.05, 0.1) is 5.69 Å². The quantitative estimate of drug-likeness (QED) is 0.718. The Bertz CT molecular complexity index is 807. The van der Waals surface area contributed by atoms with Crippen LogP contribution in [0.4, 0.5) is 16.2 Å². The van der Waals surface area contributed by atoms with Gasteiger partial charge in [0, 0.05) is 18.0 Å². The maximum atomic E-state index is 12.5. The van der Waals surface area contributed by atoms with Crippen molar-refractivity contribution in [1.29, 1.82) is 0 Å². The molecule has 134 valence electrons. The third kappa shape index (κ3) is 4.13. The van der Waals surface area contributed by atoms with Gasteiger partial charge in [-0.25, -0.2) is 9.59 Å². The van der Waals surface area contributed by atoms with Crippen molar-refractivity contribution in [2.24, 2.45) is 5.92 Å². The molecule has 2 amide bonds. The largest absolute Gasteiger partial charge is 0.421 e. The predicted octanol–water partition coefficient (Wildman–Crippen LogP) is 3.93. The molecule has 1 aromatic carbocycles. The fourth-order valence-electron chi connectivity index (χ4n) is 3.14. The number of hydrogen-bond donors (Lipinski definition) is 3. The molecule has 0 radical (unpaired) electrons. The van der Waals surface area contributed by atoms with Crippen LogP contribution in [0.5, 0.6) is 0 Å². The fraction of sp³-hybridized carbons (Fsp3) is 0.474. The van der Waals surface area contributed by atoms with E-state index in [1.807, 2.05) is 32.0 Å². The highest BCUT2D eigenvalue weighted by Crippen LogP contribution is 2.32. The first kappa shape index (κ1) is 17.3. The molecule has 0 bridgehead atoms. The minimum absolute atomic E-state index is 0.173. The van der Waals surface area contributed by atoms with E-state index in [0.717, 1.165) is 18.2 Å². The van der Waals surface area contributed by atoms with Crippen LogP contribution in [0.2, 0.25) is 0 Å². The van der Waals surface area contributed by atoms with Gasteiger partial charge in [0.25, 0.3) is 0 Å². The number of nitrogens with one attached hydrogen (secondary N) is 3. The first-order valence-electron chi connectivity index (χ1n) is 8.92. The average molecular weight is 343 g/mol. The first-order chi connectivity index (χ1) is 12.0. The molecule has 6 nitrogen and oxygen atoms in total. The molecule has 1 fully saturated rings. The Morgan fingerprint density at radius 1 is 1.20 bits per heavy atom. The number of benzene rings is 1. The molecule has 1 aliphatic rings. The standard InChI is InChI=1S/C19H25N3O3/c1-12(2)11-20-19(24)22-17-16(21-13-7-3-4-8-13)14-9-5-6-10-15(14)25-18(17)23/h5-6,9-10,12-13,21H,3-4,7-8,11H2,1-2H3,(H2,20,22,24). The molecule has 25 heavy (non-hydrogen) atoms. The van der Waals surface area contributed by atoms with E-state index in [0.29, 0.717) is 29.8 Å². The molecule has 3 rings (SSSR count). The van der Waals surface area contributed by atoms with Crippen molar-refractivity contribution in [3.8, 4) is 0 Å². The zero-order valence-corrected chi connectivity index (χ0v) is 14.7. The van der Waals surface area contributed by atoms with Crippen LogP contribution >= 0.6 is 0 Å². The third-order valence-electron chi connectivity index (χ3n) is 4.43. The molecular formula is C19H25N3O3. The Labute approximate surface area is 147 Å². The predicted molar refractivity (Wildman–Crippen MR) is 100 cm³/mol. The topological polar surface area (TPSA) is 83.4 Å². The van der Waals surface area contributed by atoms with Crippen LogP contribution in [-0.4, -0.2) is 18.6 Å². The highest BCUT2D eigenvalue weighted by molar-refractivity contribution is 6.01. The van der Waals surface area contributed by atoms with Crippen molar-refractivity contribution < 1.29 is 9.21 Å². The number of anilines is 2. The summed E-state index contributed by atoms with van der Waals surface area (Å²) >= 11 is 0. The summed E-state index contributed by atoms with van der Waals surface area (Å²) < 4.78 is 5.39. The van der Waals surface area contributed by atoms with Gasteiger partial charge in [-0.3, -0.25) is 5.32 Å². The SMILES string of the molecule is CC(C)CNC(=O)Nc1c(NC2CCCC2)c2ccccc2oc1=O. The van der Waals surface area contributed by atoms with Crippen LogP contribution in [0.1, 0.15) is 39.5 Å². The summed E-state index contributed by atoms with van der Waals surface area (Å²) in [5, 5.41) is 9.71. The summed E-state index contributed by atoms with van der Waals surface area (Å²) in [6, 6.07) is 7.29. The van der Waals surface area contributed by atoms with E-state index in [-0.39, 0.29) is 5.69 Å². The van der Waals surface area contributed by atoms with Crippen LogP contribution < -0.4 is 21.6 Å². The van der Waals surface area contributed by atoms with Crippen LogP contribution in [0.25, 0.3) is 11.0 Å². The van der Waals surface area contributed by atoms with Gasteiger partial charge in [0.15, 0.2) is 5.69 Å². The molecule has 1 aliphatic carbocycles.